The highest BCUT2D eigenvalue weighted by atomic mass is 16.5. The zero-order valence-electron chi connectivity index (χ0n) is 12.8. The van der Waals surface area contributed by atoms with Gasteiger partial charge in [0.1, 0.15) is 0 Å². The minimum Gasteiger partial charge on any atom is -0.390 e. The molecule has 1 N–H and O–H groups in total. The molecule has 3 heteroatoms. The SMILES string of the molecule is CCOC1(C(O)C2CCOCC2)CCC(C)(C)CC1. The molecule has 2 aliphatic rings. The van der Waals surface area contributed by atoms with Gasteiger partial charge in [-0.2, -0.15) is 0 Å². The summed E-state index contributed by atoms with van der Waals surface area (Å²) < 4.78 is 11.5. The molecule has 112 valence electrons. The van der Waals surface area contributed by atoms with Crippen LogP contribution in [0.25, 0.3) is 0 Å². The number of rotatable bonds is 4. The number of aliphatic hydroxyl groups is 1. The Morgan fingerprint density at radius 3 is 2.26 bits per heavy atom. The lowest BCUT2D eigenvalue weighted by molar-refractivity contribution is -0.175. The van der Waals surface area contributed by atoms with Crippen LogP contribution in [0.2, 0.25) is 0 Å². The van der Waals surface area contributed by atoms with Gasteiger partial charge in [-0.15, -0.1) is 0 Å². The van der Waals surface area contributed by atoms with E-state index in [1.54, 1.807) is 0 Å². The van der Waals surface area contributed by atoms with Gasteiger partial charge < -0.3 is 14.6 Å². The first-order chi connectivity index (χ1) is 8.99. The minimum atomic E-state index is -0.326. The third-order valence-electron chi connectivity index (χ3n) is 5.13. The molecule has 1 aliphatic heterocycles. The van der Waals surface area contributed by atoms with Crippen LogP contribution in [0.1, 0.15) is 59.3 Å². The van der Waals surface area contributed by atoms with Gasteiger partial charge in [-0.1, -0.05) is 13.8 Å². The molecule has 3 nitrogen and oxygen atoms in total. The number of hydrogen-bond donors (Lipinski definition) is 1. The Balaban J connectivity index is 2.05. The zero-order chi connectivity index (χ0) is 13.9. The van der Waals surface area contributed by atoms with Crippen LogP contribution in [0.15, 0.2) is 0 Å². The van der Waals surface area contributed by atoms with Gasteiger partial charge in [0.25, 0.3) is 0 Å². The van der Waals surface area contributed by atoms with E-state index in [1.807, 2.05) is 6.92 Å². The van der Waals surface area contributed by atoms with Gasteiger partial charge in [0.05, 0.1) is 11.7 Å². The van der Waals surface area contributed by atoms with E-state index in [0.717, 1.165) is 51.7 Å². The van der Waals surface area contributed by atoms with E-state index in [-0.39, 0.29) is 11.7 Å². The van der Waals surface area contributed by atoms with E-state index in [9.17, 15) is 5.11 Å². The van der Waals surface area contributed by atoms with E-state index in [2.05, 4.69) is 13.8 Å². The Hall–Kier alpha value is -0.120. The fraction of sp³-hybridized carbons (Fsp3) is 1.00. The van der Waals surface area contributed by atoms with Crippen LogP contribution in [0.5, 0.6) is 0 Å². The second-order valence-electron chi connectivity index (χ2n) is 7.06. The third-order valence-corrected chi connectivity index (χ3v) is 5.13. The van der Waals surface area contributed by atoms with Crippen molar-refractivity contribution in [3.63, 3.8) is 0 Å². The molecule has 0 bridgehead atoms. The van der Waals surface area contributed by atoms with Crippen molar-refractivity contribution in [1.29, 1.82) is 0 Å². The summed E-state index contributed by atoms with van der Waals surface area (Å²) in [6, 6.07) is 0. The van der Waals surface area contributed by atoms with Crippen molar-refractivity contribution in [2.24, 2.45) is 11.3 Å². The monoisotopic (exact) mass is 270 g/mol. The predicted octanol–water partition coefficient (Wildman–Crippen LogP) is 3.15. The van der Waals surface area contributed by atoms with E-state index in [1.165, 1.54) is 0 Å². The Morgan fingerprint density at radius 1 is 1.16 bits per heavy atom. The van der Waals surface area contributed by atoms with E-state index >= 15 is 0 Å². The molecule has 0 aromatic heterocycles. The molecule has 0 aromatic carbocycles. The van der Waals surface area contributed by atoms with Crippen LogP contribution in [0.4, 0.5) is 0 Å². The number of ether oxygens (including phenoxy) is 2. The first kappa shape index (κ1) is 15.3. The molecular formula is C16H30O3. The molecule has 0 aromatic rings. The molecule has 1 atom stereocenters. The Kier molecular flexibility index (Phi) is 4.91. The molecule has 0 spiro atoms. The predicted molar refractivity (Wildman–Crippen MR) is 76.2 cm³/mol. The Labute approximate surface area is 117 Å². The number of aliphatic hydroxyl groups excluding tert-OH is 1. The van der Waals surface area contributed by atoms with Crippen LogP contribution in [-0.2, 0) is 9.47 Å². The second kappa shape index (κ2) is 6.11. The van der Waals surface area contributed by atoms with E-state index in [0.29, 0.717) is 17.9 Å². The first-order valence-electron chi connectivity index (χ1n) is 7.89. The van der Waals surface area contributed by atoms with Crippen LogP contribution in [0, 0.1) is 11.3 Å². The van der Waals surface area contributed by atoms with Crippen molar-refractivity contribution in [3.8, 4) is 0 Å². The van der Waals surface area contributed by atoms with Crippen molar-refractivity contribution < 1.29 is 14.6 Å². The summed E-state index contributed by atoms with van der Waals surface area (Å²) in [5.41, 5.74) is 0.0995. The highest BCUT2D eigenvalue weighted by Gasteiger charge is 2.46. The van der Waals surface area contributed by atoms with Crippen molar-refractivity contribution in [1.82, 2.24) is 0 Å². The number of hydrogen-bond acceptors (Lipinski definition) is 3. The van der Waals surface area contributed by atoms with Gasteiger partial charge in [-0.05, 0) is 56.8 Å². The average molecular weight is 270 g/mol. The van der Waals surface area contributed by atoms with Gasteiger partial charge in [-0.3, -0.25) is 0 Å². The van der Waals surface area contributed by atoms with Crippen molar-refractivity contribution in [3.05, 3.63) is 0 Å². The summed E-state index contributed by atoms with van der Waals surface area (Å²) >= 11 is 0. The van der Waals surface area contributed by atoms with E-state index in [4.69, 9.17) is 9.47 Å². The van der Waals surface area contributed by atoms with Crippen molar-refractivity contribution in [2.45, 2.75) is 71.0 Å². The van der Waals surface area contributed by atoms with Crippen LogP contribution >= 0.6 is 0 Å². The molecule has 1 aliphatic carbocycles. The molecule has 2 rings (SSSR count). The summed E-state index contributed by atoms with van der Waals surface area (Å²) in [4.78, 5) is 0. The molecule has 1 saturated carbocycles. The normalized spacial score (nSPS) is 29.1. The van der Waals surface area contributed by atoms with Gasteiger partial charge in [-0.25, -0.2) is 0 Å². The van der Waals surface area contributed by atoms with Gasteiger partial charge in [0.2, 0.25) is 0 Å². The zero-order valence-corrected chi connectivity index (χ0v) is 12.8. The Bertz CT molecular complexity index is 272. The summed E-state index contributed by atoms with van der Waals surface area (Å²) in [5.74, 6) is 0.349. The van der Waals surface area contributed by atoms with Crippen molar-refractivity contribution >= 4 is 0 Å². The van der Waals surface area contributed by atoms with Crippen LogP contribution in [0.3, 0.4) is 0 Å². The first-order valence-corrected chi connectivity index (χ1v) is 7.89. The third kappa shape index (κ3) is 3.50. The molecule has 19 heavy (non-hydrogen) atoms. The minimum absolute atomic E-state index is 0.299. The molecule has 1 unspecified atom stereocenters. The van der Waals surface area contributed by atoms with Gasteiger partial charge in [0.15, 0.2) is 0 Å². The topological polar surface area (TPSA) is 38.7 Å². The largest absolute Gasteiger partial charge is 0.390 e. The molecule has 0 amide bonds. The highest BCUT2D eigenvalue weighted by molar-refractivity contribution is 4.98. The standard InChI is InChI=1S/C16H30O3/c1-4-19-16(9-7-15(2,3)8-10-16)14(17)13-5-11-18-12-6-13/h13-14,17H,4-12H2,1-3H3. The Morgan fingerprint density at radius 2 is 1.74 bits per heavy atom. The summed E-state index contributed by atoms with van der Waals surface area (Å²) in [5, 5.41) is 10.9. The van der Waals surface area contributed by atoms with Crippen molar-refractivity contribution in [2.75, 3.05) is 19.8 Å². The smallest absolute Gasteiger partial charge is 0.0943 e. The lowest BCUT2D eigenvalue weighted by Gasteiger charge is -2.48. The lowest BCUT2D eigenvalue weighted by Crippen LogP contribution is -2.53. The molecule has 0 radical (unpaired) electrons. The fourth-order valence-corrected chi connectivity index (χ4v) is 3.62. The summed E-state index contributed by atoms with van der Waals surface area (Å²) in [6.45, 7) is 8.96. The fourth-order valence-electron chi connectivity index (χ4n) is 3.62. The maximum absolute atomic E-state index is 10.9. The van der Waals surface area contributed by atoms with Gasteiger partial charge >= 0.3 is 0 Å². The van der Waals surface area contributed by atoms with E-state index < -0.39 is 0 Å². The second-order valence-corrected chi connectivity index (χ2v) is 7.06. The maximum Gasteiger partial charge on any atom is 0.0943 e. The summed E-state index contributed by atoms with van der Waals surface area (Å²) in [7, 11) is 0. The molecular weight excluding hydrogens is 240 g/mol. The molecule has 2 fully saturated rings. The quantitative estimate of drug-likeness (QED) is 0.853. The van der Waals surface area contributed by atoms with Gasteiger partial charge in [0, 0.05) is 19.8 Å². The highest BCUT2D eigenvalue weighted by Crippen LogP contribution is 2.45. The lowest BCUT2D eigenvalue weighted by atomic mass is 9.66. The molecule has 1 heterocycles. The summed E-state index contributed by atoms with van der Waals surface area (Å²) in [6.07, 6.45) is 5.89. The average Bonchev–Trinajstić information content (AvgIpc) is 2.42. The maximum atomic E-state index is 10.9. The molecule has 1 saturated heterocycles. The van der Waals surface area contributed by atoms with Crippen LogP contribution < -0.4 is 0 Å². The van der Waals surface area contributed by atoms with Crippen LogP contribution in [-0.4, -0.2) is 36.6 Å².